The largest absolute Gasteiger partial charge is 0.486 e. The van der Waals surface area contributed by atoms with E-state index in [4.69, 9.17) is 9.47 Å². The van der Waals surface area contributed by atoms with Gasteiger partial charge in [0.1, 0.15) is 13.2 Å². The molecule has 0 amide bonds. The van der Waals surface area contributed by atoms with Gasteiger partial charge in [-0.05, 0) is 30.2 Å². The molecule has 0 radical (unpaired) electrons. The molecule has 0 saturated heterocycles. The van der Waals surface area contributed by atoms with Gasteiger partial charge in [-0.3, -0.25) is 0 Å². The number of hydrogen-bond donors (Lipinski definition) is 1. The lowest BCUT2D eigenvalue weighted by Crippen LogP contribution is -2.16. The minimum absolute atomic E-state index is 0. The average Bonchev–Trinajstić information content (AvgIpc) is 2.49. The molecular weight excluding hydrogens is 286 g/mol. The van der Waals surface area contributed by atoms with Gasteiger partial charge >= 0.3 is 0 Å². The first-order valence-corrected chi connectivity index (χ1v) is 6.96. The number of aryl methyl sites for hydroxylation is 1. The second kappa shape index (κ2) is 7.34. The van der Waals surface area contributed by atoms with Crippen molar-refractivity contribution in [2.75, 3.05) is 13.2 Å². The number of rotatable bonds is 4. The van der Waals surface area contributed by atoms with Crippen molar-refractivity contribution in [1.82, 2.24) is 5.32 Å². The third-order valence-corrected chi connectivity index (χ3v) is 3.39. The van der Waals surface area contributed by atoms with Gasteiger partial charge in [0.25, 0.3) is 0 Å². The lowest BCUT2D eigenvalue weighted by Gasteiger charge is -2.19. The Labute approximate surface area is 131 Å². The van der Waals surface area contributed by atoms with Crippen LogP contribution in [0, 0.1) is 6.92 Å². The molecule has 3 rings (SSSR count). The van der Waals surface area contributed by atoms with Gasteiger partial charge < -0.3 is 14.8 Å². The van der Waals surface area contributed by atoms with Crippen LogP contribution in [-0.2, 0) is 13.1 Å². The molecule has 0 spiro atoms. The number of hydrogen-bond acceptors (Lipinski definition) is 3. The zero-order chi connectivity index (χ0) is 13.8. The van der Waals surface area contributed by atoms with E-state index in [1.807, 2.05) is 6.07 Å². The van der Waals surface area contributed by atoms with Crippen LogP contribution in [0.1, 0.15) is 16.7 Å². The number of benzene rings is 2. The topological polar surface area (TPSA) is 30.5 Å². The lowest BCUT2D eigenvalue weighted by atomic mass is 10.1. The summed E-state index contributed by atoms with van der Waals surface area (Å²) >= 11 is 0. The van der Waals surface area contributed by atoms with Gasteiger partial charge in [-0.2, -0.15) is 0 Å². The van der Waals surface area contributed by atoms with Crippen LogP contribution >= 0.6 is 12.4 Å². The van der Waals surface area contributed by atoms with Gasteiger partial charge in [0.05, 0.1) is 0 Å². The maximum absolute atomic E-state index is 5.59. The van der Waals surface area contributed by atoms with Crippen LogP contribution in [0.4, 0.5) is 0 Å². The first-order chi connectivity index (χ1) is 9.81. The summed E-state index contributed by atoms with van der Waals surface area (Å²) in [5, 5.41) is 3.45. The van der Waals surface area contributed by atoms with Crippen LogP contribution in [0.2, 0.25) is 0 Å². The standard InChI is InChI=1S/C17H19NO2.ClH/c1-13-2-4-14(5-3-13)11-18-12-15-6-7-16-17(10-15)20-9-8-19-16;/h2-7,10,18H,8-9,11-12H2,1H3;1H. The van der Waals surface area contributed by atoms with Crippen molar-refractivity contribution >= 4 is 12.4 Å². The Kier molecular flexibility index (Phi) is 5.48. The third-order valence-electron chi connectivity index (χ3n) is 3.39. The molecule has 0 unspecified atom stereocenters. The fourth-order valence-corrected chi connectivity index (χ4v) is 2.25. The molecule has 1 aliphatic heterocycles. The van der Waals surface area contributed by atoms with Gasteiger partial charge in [-0.25, -0.2) is 0 Å². The fraction of sp³-hybridized carbons (Fsp3) is 0.294. The van der Waals surface area contributed by atoms with E-state index in [-0.39, 0.29) is 12.4 Å². The summed E-state index contributed by atoms with van der Waals surface area (Å²) in [5.74, 6) is 1.70. The van der Waals surface area contributed by atoms with Gasteiger partial charge in [0, 0.05) is 13.1 Å². The van der Waals surface area contributed by atoms with Crippen molar-refractivity contribution in [3.63, 3.8) is 0 Å². The molecule has 0 aliphatic carbocycles. The van der Waals surface area contributed by atoms with Crippen LogP contribution in [0.15, 0.2) is 42.5 Å². The number of nitrogens with one attached hydrogen (secondary N) is 1. The Balaban J connectivity index is 0.00000161. The van der Waals surface area contributed by atoms with E-state index in [9.17, 15) is 0 Å². The Bertz CT molecular complexity index is 584. The van der Waals surface area contributed by atoms with Crippen LogP contribution < -0.4 is 14.8 Å². The molecule has 1 heterocycles. The van der Waals surface area contributed by atoms with Crippen molar-refractivity contribution in [1.29, 1.82) is 0 Å². The normalized spacial score (nSPS) is 12.6. The third kappa shape index (κ3) is 4.13. The molecule has 0 aromatic heterocycles. The molecule has 0 atom stereocenters. The molecule has 2 aromatic carbocycles. The molecule has 0 fully saturated rings. The van der Waals surface area contributed by atoms with E-state index in [0.29, 0.717) is 13.2 Å². The highest BCUT2D eigenvalue weighted by Gasteiger charge is 2.11. The van der Waals surface area contributed by atoms with Gasteiger partial charge in [0.15, 0.2) is 11.5 Å². The molecular formula is C17H20ClNO2. The smallest absolute Gasteiger partial charge is 0.161 e. The van der Waals surface area contributed by atoms with Crippen LogP contribution in [0.3, 0.4) is 0 Å². The van der Waals surface area contributed by atoms with Gasteiger partial charge in [-0.1, -0.05) is 35.9 Å². The van der Waals surface area contributed by atoms with E-state index in [1.165, 1.54) is 16.7 Å². The highest BCUT2D eigenvalue weighted by Crippen LogP contribution is 2.30. The van der Waals surface area contributed by atoms with Gasteiger partial charge in [0.2, 0.25) is 0 Å². The number of halogens is 1. The van der Waals surface area contributed by atoms with Crippen LogP contribution in [-0.4, -0.2) is 13.2 Å². The summed E-state index contributed by atoms with van der Waals surface area (Å²) in [5.41, 5.74) is 3.80. The maximum Gasteiger partial charge on any atom is 0.161 e. The molecule has 21 heavy (non-hydrogen) atoms. The number of ether oxygens (including phenoxy) is 2. The second-order valence-electron chi connectivity index (χ2n) is 5.07. The van der Waals surface area contributed by atoms with Crippen molar-refractivity contribution < 1.29 is 9.47 Å². The second-order valence-corrected chi connectivity index (χ2v) is 5.07. The van der Waals surface area contributed by atoms with E-state index in [2.05, 4.69) is 48.6 Å². The van der Waals surface area contributed by atoms with Crippen LogP contribution in [0.25, 0.3) is 0 Å². The molecule has 1 N–H and O–H groups in total. The average molecular weight is 306 g/mol. The van der Waals surface area contributed by atoms with Crippen molar-refractivity contribution in [2.24, 2.45) is 0 Å². The highest BCUT2D eigenvalue weighted by molar-refractivity contribution is 5.85. The van der Waals surface area contributed by atoms with Crippen molar-refractivity contribution in [3.05, 3.63) is 59.2 Å². The highest BCUT2D eigenvalue weighted by atomic mass is 35.5. The Morgan fingerprint density at radius 3 is 2.24 bits per heavy atom. The molecule has 0 saturated carbocycles. The lowest BCUT2D eigenvalue weighted by molar-refractivity contribution is 0.171. The van der Waals surface area contributed by atoms with E-state index < -0.39 is 0 Å². The van der Waals surface area contributed by atoms with Gasteiger partial charge in [-0.15, -0.1) is 12.4 Å². The first kappa shape index (κ1) is 15.7. The quantitative estimate of drug-likeness (QED) is 0.938. The molecule has 3 nitrogen and oxygen atoms in total. The molecule has 4 heteroatoms. The first-order valence-electron chi connectivity index (χ1n) is 6.96. The number of fused-ring (bicyclic) bond motifs is 1. The van der Waals surface area contributed by atoms with Crippen molar-refractivity contribution in [3.8, 4) is 11.5 Å². The molecule has 2 aromatic rings. The SMILES string of the molecule is Cc1ccc(CNCc2ccc3c(c2)OCCO3)cc1.Cl. The Morgan fingerprint density at radius 2 is 1.48 bits per heavy atom. The monoisotopic (exact) mass is 305 g/mol. The predicted molar refractivity (Wildman–Crippen MR) is 86.4 cm³/mol. The molecule has 1 aliphatic rings. The minimum Gasteiger partial charge on any atom is -0.486 e. The zero-order valence-electron chi connectivity index (χ0n) is 12.1. The summed E-state index contributed by atoms with van der Waals surface area (Å²) in [6.45, 7) is 5.07. The summed E-state index contributed by atoms with van der Waals surface area (Å²) in [4.78, 5) is 0. The fourth-order valence-electron chi connectivity index (χ4n) is 2.25. The summed E-state index contributed by atoms with van der Waals surface area (Å²) in [7, 11) is 0. The Hall–Kier alpha value is -1.71. The van der Waals surface area contributed by atoms with Crippen molar-refractivity contribution in [2.45, 2.75) is 20.0 Å². The molecule has 112 valence electrons. The summed E-state index contributed by atoms with van der Waals surface area (Å²) < 4.78 is 11.1. The molecule has 0 bridgehead atoms. The zero-order valence-corrected chi connectivity index (χ0v) is 12.9. The van der Waals surface area contributed by atoms with E-state index >= 15 is 0 Å². The Morgan fingerprint density at radius 1 is 0.857 bits per heavy atom. The summed E-state index contributed by atoms with van der Waals surface area (Å²) in [6.07, 6.45) is 0. The minimum atomic E-state index is 0. The van der Waals surface area contributed by atoms with E-state index in [1.54, 1.807) is 0 Å². The predicted octanol–water partition coefficient (Wildman–Crippen LogP) is 3.48. The maximum atomic E-state index is 5.59. The van der Waals surface area contributed by atoms with Crippen LogP contribution in [0.5, 0.6) is 11.5 Å². The summed E-state index contributed by atoms with van der Waals surface area (Å²) in [6, 6.07) is 14.7. The van der Waals surface area contributed by atoms with E-state index in [0.717, 1.165) is 24.6 Å².